The van der Waals surface area contributed by atoms with Gasteiger partial charge in [-0.25, -0.2) is 0 Å². The van der Waals surface area contributed by atoms with Crippen molar-refractivity contribution in [3.8, 4) is 0 Å². The number of benzene rings is 2. The zero-order valence-corrected chi connectivity index (χ0v) is 13.9. The van der Waals surface area contributed by atoms with E-state index in [4.69, 9.17) is 4.74 Å². The predicted octanol–water partition coefficient (Wildman–Crippen LogP) is 4.55. The maximum absolute atomic E-state index is 6.08. The molecule has 122 valence electrons. The zero-order chi connectivity index (χ0) is 15.9. The van der Waals surface area contributed by atoms with Crippen LogP contribution in [-0.4, -0.2) is 19.7 Å². The Kier molecular flexibility index (Phi) is 5.84. The molecule has 0 spiro atoms. The van der Waals surface area contributed by atoms with Gasteiger partial charge in [0, 0.05) is 25.6 Å². The van der Waals surface area contributed by atoms with Crippen molar-refractivity contribution < 1.29 is 4.74 Å². The molecule has 2 heteroatoms. The summed E-state index contributed by atoms with van der Waals surface area (Å²) in [6.45, 7) is 5.21. The molecular weight excluding hydrogens is 282 g/mol. The van der Waals surface area contributed by atoms with E-state index in [9.17, 15) is 0 Å². The maximum atomic E-state index is 6.08. The molecule has 3 unspecified atom stereocenters. The Labute approximate surface area is 139 Å². The van der Waals surface area contributed by atoms with Crippen LogP contribution in [0.15, 0.2) is 60.7 Å². The molecule has 2 nitrogen and oxygen atoms in total. The topological polar surface area (TPSA) is 21.3 Å². The Balaban J connectivity index is 1.54. The summed E-state index contributed by atoms with van der Waals surface area (Å²) < 4.78 is 6.08. The van der Waals surface area contributed by atoms with Crippen LogP contribution < -0.4 is 5.32 Å². The third-order valence-corrected chi connectivity index (χ3v) is 4.80. The van der Waals surface area contributed by atoms with Crippen LogP contribution in [0.5, 0.6) is 0 Å². The zero-order valence-electron chi connectivity index (χ0n) is 13.9. The molecule has 1 aliphatic rings. The number of ether oxygens (including phenoxy) is 1. The van der Waals surface area contributed by atoms with Crippen LogP contribution in [0.4, 0.5) is 0 Å². The lowest BCUT2D eigenvalue weighted by Gasteiger charge is -2.32. The van der Waals surface area contributed by atoms with E-state index < -0.39 is 0 Å². The predicted molar refractivity (Wildman–Crippen MR) is 95.6 cm³/mol. The average molecular weight is 309 g/mol. The van der Waals surface area contributed by atoms with Crippen LogP contribution in [0.2, 0.25) is 0 Å². The molecule has 0 amide bonds. The molecule has 1 heterocycles. The van der Waals surface area contributed by atoms with Crippen molar-refractivity contribution in [2.24, 2.45) is 5.92 Å². The summed E-state index contributed by atoms with van der Waals surface area (Å²) in [5.41, 5.74) is 2.72. The monoisotopic (exact) mass is 309 g/mol. The molecule has 23 heavy (non-hydrogen) atoms. The van der Waals surface area contributed by atoms with E-state index in [1.807, 2.05) is 0 Å². The van der Waals surface area contributed by atoms with E-state index in [1.165, 1.54) is 24.0 Å². The highest BCUT2D eigenvalue weighted by Crippen LogP contribution is 2.33. The lowest BCUT2D eigenvalue weighted by atomic mass is 9.89. The Morgan fingerprint density at radius 2 is 1.74 bits per heavy atom. The highest BCUT2D eigenvalue weighted by molar-refractivity contribution is 5.20. The van der Waals surface area contributed by atoms with Crippen molar-refractivity contribution in [2.45, 2.75) is 31.8 Å². The molecule has 0 aromatic heterocycles. The molecule has 3 atom stereocenters. The summed E-state index contributed by atoms with van der Waals surface area (Å²) in [5, 5.41) is 3.67. The highest BCUT2D eigenvalue weighted by atomic mass is 16.5. The first kappa shape index (κ1) is 16.2. The van der Waals surface area contributed by atoms with E-state index in [0.717, 1.165) is 19.7 Å². The van der Waals surface area contributed by atoms with Crippen molar-refractivity contribution >= 4 is 0 Å². The first-order valence-electron chi connectivity index (χ1n) is 8.77. The molecule has 1 N–H and O–H groups in total. The minimum Gasteiger partial charge on any atom is -0.373 e. The van der Waals surface area contributed by atoms with Crippen molar-refractivity contribution in [1.29, 1.82) is 0 Å². The van der Waals surface area contributed by atoms with Gasteiger partial charge in [-0.05, 0) is 29.9 Å². The van der Waals surface area contributed by atoms with Crippen molar-refractivity contribution in [3.05, 3.63) is 71.8 Å². The lowest BCUT2D eigenvalue weighted by Crippen LogP contribution is -2.33. The Morgan fingerprint density at radius 3 is 2.48 bits per heavy atom. The van der Waals surface area contributed by atoms with Gasteiger partial charge in [0.05, 0.1) is 6.10 Å². The molecule has 0 radical (unpaired) electrons. The molecule has 1 aliphatic heterocycles. The summed E-state index contributed by atoms with van der Waals surface area (Å²) in [4.78, 5) is 0. The SMILES string of the molecule is CC(CNCC1CCCOC1c1ccccc1)c1ccccc1. The van der Waals surface area contributed by atoms with Gasteiger partial charge in [-0.1, -0.05) is 67.6 Å². The third kappa shape index (κ3) is 4.43. The van der Waals surface area contributed by atoms with Gasteiger partial charge in [0.15, 0.2) is 0 Å². The Bertz CT molecular complexity index is 569. The maximum Gasteiger partial charge on any atom is 0.0865 e. The minimum atomic E-state index is 0.240. The number of nitrogens with one attached hydrogen (secondary N) is 1. The number of hydrogen-bond donors (Lipinski definition) is 1. The second kappa shape index (κ2) is 8.28. The Hall–Kier alpha value is -1.64. The summed E-state index contributed by atoms with van der Waals surface area (Å²) in [6, 6.07) is 21.4. The van der Waals surface area contributed by atoms with Gasteiger partial charge in [-0.2, -0.15) is 0 Å². The molecule has 2 aromatic rings. The van der Waals surface area contributed by atoms with E-state index in [-0.39, 0.29) is 6.10 Å². The van der Waals surface area contributed by atoms with Gasteiger partial charge in [-0.3, -0.25) is 0 Å². The van der Waals surface area contributed by atoms with E-state index >= 15 is 0 Å². The van der Waals surface area contributed by atoms with Gasteiger partial charge in [0.25, 0.3) is 0 Å². The minimum absolute atomic E-state index is 0.240. The molecule has 0 aliphatic carbocycles. The highest BCUT2D eigenvalue weighted by Gasteiger charge is 2.27. The van der Waals surface area contributed by atoms with E-state index in [1.54, 1.807) is 0 Å². The standard InChI is InChI=1S/C21H27NO/c1-17(18-9-4-2-5-10-18)15-22-16-20-13-8-14-23-21(20)19-11-6-3-7-12-19/h2-7,9-12,17,20-22H,8,13-16H2,1H3. The van der Waals surface area contributed by atoms with Crippen molar-refractivity contribution in [3.63, 3.8) is 0 Å². The third-order valence-electron chi connectivity index (χ3n) is 4.80. The van der Waals surface area contributed by atoms with Crippen LogP contribution in [0, 0.1) is 5.92 Å². The second-order valence-electron chi connectivity index (χ2n) is 6.57. The summed E-state index contributed by atoms with van der Waals surface area (Å²) in [7, 11) is 0. The van der Waals surface area contributed by atoms with Crippen LogP contribution in [0.3, 0.4) is 0 Å². The average Bonchev–Trinajstić information content (AvgIpc) is 2.63. The van der Waals surface area contributed by atoms with Crippen LogP contribution in [-0.2, 0) is 4.74 Å². The largest absolute Gasteiger partial charge is 0.373 e. The molecule has 1 saturated heterocycles. The molecule has 1 fully saturated rings. The molecule has 2 aromatic carbocycles. The van der Waals surface area contributed by atoms with Gasteiger partial charge < -0.3 is 10.1 Å². The fourth-order valence-electron chi connectivity index (χ4n) is 3.45. The normalized spacial score (nSPS) is 22.7. The van der Waals surface area contributed by atoms with E-state index in [2.05, 4.69) is 72.9 Å². The smallest absolute Gasteiger partial charge is 0.0865 e. The first-order valence-corrected chi connectivity index (χ1v) is 8.77. The summed E-state index contributed by atoms with van der Waals surface area (Å²) in [5.74, 6) is 1.10. The molecule has 0 saturated carbocycles. The number of rotatable bonds is 6. The summed E-state index contributed by atoms with van der Waals surface area (Å²) >= 11 is 0. The number of hydrogen-bond acceptors (Lipinski definition) is 2. The summed E-state index contributed by atoms with van der Waals surface area (Å²) in [6.07, 6.45) is 2.65. The Morgan fingerprint density at radius 1 is 1.04 bits per heavy atom. The molecule has 0 bridgehead atoms. The van der Waals surface area contributed by atoms with Crippen molar-refractivity contribution in [2.75, 3.05) is 19.7 Å². The fraction of sp³-hybridized carbons (Fsp3) is 0.429. The van der Waals surface area contributed by atoms with Gasteiger partial charge >= 0.3 is 0 Å². The molecule has 3 rings (SSSR count). The lowest BCUT2D eigenvalue weighted by molar-refractivity contribution is -0.0277. The quantitative estimate of drug-likeness (QED) is 0.845. The first-order chi connectivity index (χ1) is 11.3. The van der Waals surface area contributed by atoms with E-state index in [0.29, 0.717) is 11.8 Å². The van der Waals surface area contributed by atoms with Gasteiger partial charge in [0.2, 0.25) is 0 Å². The van der Waals surface area contributed by atoms with Crippen LogP contribution >= 0.6 is 0 Å². The van der Waals surface area contributed by atoms with Crippen LogP contribution in [0.1, 0.15) is 42.9 Å². The van der Waals surface area contributed by atoms with Crippen LogP contribution in [0.25, 0.3) is 0 Å². The second-order valence-corrected chi connectivity index (χ2v) is 6.57. The van der Waals surface area contributed by atoms with Gasteiger partial charge in [-0.15, -0.1) is 0 Å². The van der Waals surface area contributed by atoms with Gasteiger partial charge in [0.1, 0.15) is 0 Å². The molecular formula is C21H27NO. The fourth-order valence-corrected chi connectivity index (χ4v) is 3.45. The van der Waals surface area contributed by atoms with Crippen molar-refractivity contribution in [1.82, 2.24) is 5.32 Å².